The van der Waals surface area contributed by atoms with Crippen LogP contribution in [0.5, 0.6) is 0 Å². The van der Waals surface area contributed by atoms with Gasteiger partial charge in [0.25, 0.3) is 11.8 Å². The SMILES string of the molecule is CC(Nc1ccc2c(c1)C(=O)N(C)C2=O)C1CC1. The van der Waals surface area contributed by atoms with E-state index in [1.807, 2.05) is 6.07 Å². The molecule has 1 heterocycles. The van der Waals surface area contributed by atoms with Crippen LogP contribution < -0.4 is 5.32 Å². The average molecular weight is 244 g/mol. The Kier molecular flexibility index (Phi) is 2.40. The minimum Gasteiger partial charge on any atom is -0.382 e. The van der Waals surface area contributed by atoms with Gasteiger partial charge >= 0.3 is 0 Å². The second-order valence-corrected chi connectivity index (χ2v) is 5.20. The summed E-state index contributed by atoms with van der Waals surface area (Å²) in [6, 6.07) is 5.83. The van der Waals surface area contributed by atoms with Crippen LogP contribution in [-0.4, -0.2) is 29.8 Å². The van der Waals surface area contributed by atoms with Crippen LogP contribution in [0.3, 0.4) is 0 Å². The van der Waals surface area contributed by atoms with E-state index >= 15 is 0 Å². The fourth-order valence-electron chi connectivity index (χ4n) is 2.43. The van der Waals surface area contributed by atoms with Gasteiger partial charge in [0.05, 0.1) is 11.1 Å². The Morgan fingerprint density at radius 3 is 2.56 bits per heavy atom. The molecule has 4 heteroatoms. The van der Waals surface area contributed by atoms with Crippen LogP contribution in [0.2, 0.25) is 0 Å². The van der Waals surface area contributed by atoms with Crippen molar-refractivity contribution in [3.05, 3.63) is 29.3 Å². The standard InChI is InChI=1S/C14H16N2O2/c1-8(9-3-4-9)15-10-5-6-11-12(7-10)14(18)16(2)13(11)17/h5-9,15H,3-4H2,1-2H3. The van der Waals surface area contributed by atoms with Crippen molar-refractivity contribution in [2.24, 2.45) is 5.92 Å². The quantitative estimate of drug-likeness (QED) is 0.829. The number of hydrogen-bond donors (Lipinski definition) is 1. The molecule has 4 nitrogen and oxygen atoms in total. The molecule has 94 valence electrons. The topological polar surface area (TPSA) is 49.4 Å². The molecule has 1 aliphatic heterocycles. The van der Waals surface area contributed by atoms with Gasteiger partial charge in [-0.15, -0.1) is 0 Å². The number of anilines is 1. The molecule has 3 rings (SSSR count). The number of amides is 2. The number of nitrogens with zero attached hydrogens (tertiary/aromatic N) is 1. The third-order valence-electron chi connectivity index (χ3n) is 3.81. The Labute approximate surface area is 106 Å². The summed E-state index contributed by atoms with van der Waals surface area (Å²) in [6.45, 7) is 2.16. The summed E-state index contributed by atoms with van der Waals surface area (Å²) in [4.78, 5) is 24.8. The first kappa shape index (κ1) is 11.3. The molecule has 0 saturated heterocycles. The van der Waals surface area contributed by atoms with E-state index in [1.165, 1.54) is 24.8 Å². The first-order valence-electron chi connectivity index (χ1n) is 6.31. The van der Waals surface area contributed by atoms with Crippen molar-refractivity contribution in [3.63, 3.8) is 0 Å². The summed E-state index contributed by atoms with van der Waals surface area (Å²) < 4.78 is 0. The first-order valence-corrected chi connectivity index (χ1v) is 6.31. The van der Waals surface area contributed by atoms with Crippen LogP contribution in [0.15, 0.2) is 18.2 Å². The predicted octanol–water partition coefficient (Wildman–Crippen LogP) is 2.12. The predicted molar refractivity (Wildman–Crippen MR) is 68.7 cm³/mol. The van der Waals surface area contributed by atoms with E-state index in [0.29, 0.717) is 17.2 Å². The van der Waals surface area contributed by atoms with E-state index in [2.05, 4.69) is 12.2 Å². The van der Waals surface area contributed by atoms with Crippen LogP contribution in [0, 0.1) is 5.92 Å². The minimum absolute atomic E-state index is 0.210. The van der Waals surface area contributed by atoms with Gasteiger partial charge in [-0.2, -0.15) is 0 Å². The number of hydrogen-bond acceptors (Lipinski definition) is 3. The highest BCUT2D eigenvalue weighted by molar-refractivity contribution is 6.21. The van der Waals surface area contributed by atoms with Gasteiger partial charge in [-0.3, -0.25) is 14.5 Å². The van der Waals surface area contributed by atoms with Gasteiger partial charge in [0.1, 0.15) is 0 Å². The fraction of sp³-hybridized carbons (Fsp3) is 0.429. The first-order chi connectivity index (χ1) is 8.58. The van der Waals surface area contributed by atoms with Crippen molar-refractivity contribution in [1.82, 2.24) is 4.90 Å². The summed E-state index contributed by atoms with van der Waals surface area (Å²) in [5.41, 5.74) is 1.94. The van der Waals surface area contributed by atoms with E-state index in [0.717, 1.165) is 11.6 Å². The van der Waals surface area contributed by atoms with Gasteiger partial charge in [-0.05, 0) is 43.9 Å². The van der Waals surface area contributed by atoms with Crippen LogP contribution in [0.25, 0.3) is 0 Å². The molecule has 0 radical (unpaired) electrons. The van der Waals surface area contributed by atoms with Gasteiger partial charge in [0.15, 0.2) is 0 Å². The fourth-order valence-corrected chi connectivity index (χ4v) is 2.43. The molecule has 0 aromatic heterocycles. The Morgan fingerprint density at radius 2 is 1.89 bits per heavy atom. The van der Waals surface area contributed by atoms with Gasteiger partial charge in [0.2, 0.25) is 0 Å². The highest BCUT2D eigenvalue weighted by Crippen LogP contribution is 2.34. The highest BCUT2D eigenvalue weighted by Gasteiger charge is 2.33. The Bertz CT molecular complexity index is 535. The van der Waals surface area contributed by atoms with Gasteiger partial charge in [-0.1, -0.05) is 0 Å². The molecule has 0 bridgehead atoms. The molecule has 1 aromatic rings. The smallest absolute Gasteiger partial charge is 0.261 e. The molecule has 1 atom stereocenters. The van der Waals surface area contributed by atoms with E-state index < -0.39 is 0 Å². The van der Waals surface area contributed by atoms with Crippen molar-refractivity contribution >= 4 is 17.5 Å². The summed E-state index contributed by atoms with van der Waals surface area (Å²) in [6.07, 6.45) is 2.55. The number of carbonyl (C=O) groups is 2. The average Bonchev–Trinajstić information content (AvgIpc) is 3.17. The highest BCUT2D eigenvalue weighted by atomic mass is 16.2. The molecule has 1 aliphatic carbocycles. The summed E-state index contributed by atoms with van der Waals surface area (Å²) in [5.74, 6) is 0.327. The largest absolute Gasteiger partial charge is 0.382 e. The van der Waals surface area contributed by atoms with Crippen LogP contribution in [0.4, 0.5) is 5.69 Å². The minimum atomic E-state index is -0.211. The second kappa shape index (κ2) is 3.83. The van der Waals surface area contributed by atoms with E-state index in [1.54, 1.807) is 12.1 Å². The maximum Gasteiger partial charge on any atom is 0.261 e. The maximum atomic E-state index is 11.9. The van der Waals surface area contributed by atoms with Crippen LogP contribution >= 0.6 is 0 Å². The van der Waals surface area contributed by atoms with Crippen LogP contribution in [-0.2, 0) is 0 Å². The molecule has 1 saturated carbocycles. The van der Waals surface area contributed by atoms with Crippen molar-refractivity contribution < 1.29 is 9.59 Å². The second-order valence-electron chi connectivity index (χ2n) is 5.20. The molecule has 18 heavy (non-hydrogen) atoms. The molecule has 2 aliphatic rings. The van der Waals surface area contributed by atoms with Gasteiger partial charge < -0.3 is 5.32 Å². The lowest BCUT2D eigenvalue weighted by Crippen LogP contribution is -2.24. The van der Waals surface area contributed by atoms with Crippen molar-refractivity contribution in [3.8, 4) is 0 Å². The molecular formula is C14H16N2O2. The molecular weight excluding hydrogens is 228 g/mol. The number of rotatable bonds is 3. The molecule has 2 amide bonds. The van der Waals surface area contributed by atoms with Crippen molar-refractivity contribution in [1.29, 1.82) is 0 Å². The van der Waals surface area contributed by atoms with Gasteiger partial charge in [0, 0.05) is 18.8 Å². The normalized spacial score (nSPS) is 20.0. The lowest BCUT2D eigenvalue weighted by Gasteiger charge is -2.14. The molecule has 1 unspecified atom stereocenters. The third-order valence-corrected chi connectivity index (χ3v) is 3.81. The molecule has 1 fully saturated rings. The third kappa shape index (κ3) is 1.68. The summed E-state index contributed by atoms with van der Waals surface area (Å²) in [7, 11) is 1.52. The monoisotopic (exact) mass is 244 g/mol. The zero-order valence-corrected chi connectivity index (χ0v) is 10.6. The molecule has 1 aromatic carbocycles. The van der Waals surface area contributed by atoms with Crippen molar-refractivity contribution in [2.75, 3.05) is 12.4 Å². The summed E-state index contributed by atoms with van der Waals surface area (Å²) >= 11 is 0. The summed E-state index contributed by atoms with van der Waals surface area (Å²) in [5, 5.41) is 3.40. The zero-order valence-electron chi connectivity index (χ0n) is 10.6. The van der Waals surface area contributed by atoms with E-state index in [-0.39, 0.29) is 11.8 Å². The van der Waals surface area contributed by atoms with E-state index in [4.69, 9.17) is 0 Å². The maximum absolute atomic E-state index is 11.9. The number of fused-ring (bicyclic) bond motifs is 1. The lowest BCUT2D eigenvalue weighted by atomic mass is 10.1. The number of imide groups is 1. The molecule has 1 N–H and O–H groups in total. The van der Waals surface area contributed by atoms with Crippen molar-refractivity contribution in [2.45, 2.75) is 25.8 Å². The Morgan fingerprint density at radius 1 is 1.22 bits per heavy atom. The van der Waals surface area contributed by atoms with Crippen LogP contribution in [0.1, 0.15) is 40.5 Å². The van der Waals surface area contributed by atoms with Gasteiger partial charge in [-0.25, -0.2) is 0 Å². The number of benzene rings is 1. The number of carbonyl (C=O) groups excluding carboxylic acids is 2. The molecule has 0 spiro atoms. The van der Waals surface area contributed by atoms with E-state index in [9.17, 15) is 9.59 Å². The zero-order chi connectivity index (χ0) is 12.9. The Hall–Kier alpha value is -1.84. The Balaban J connectivity index is 1.87. The lowest BCUT2D eigenvalue weighted by molar-refractivity contribution is 0.0693. The number of nitrogens with one attached hydrogen (secondary N) is 1.